The molecule has 0 saturated heterocycles. The molecular weight excluding hydrogens is 364 g/mol. The summed E-state index contributed by atoms with van der Waals surface area (Å²) in [6.07, 6.45) is 3.32. The lowest BCUT2D eigenvalue weighted by molar-refractivity contribution is -0.122. The Morgan fingerprint density at radius 1 is 1.39 bits per heavy atom. The normalized spacial score (nSPS) is 15.2. The van der Waals surface area contributed by atoms with Crippen LogP contribution in [0, 0.1) is 0 Å². The van der Waals surface area contributed by atoms with Crippen LogP contribution in [0.4, 0.5) is 0 Å². The quantitative estimate of drug-likeness (QED) is 0.795. The second-order valence-electron chi connectivity index (χ2n) is 5.67. The number of nitrogens with zero attached hydrogens (tertiary/aromatic N) is 3. The molecule has 7 nitrogen and oxygen atoms in total. The van der Waals surface area contributed by atoms with E-state index in [4.69, 9.17) is 5.11 Å². The molecule has 120 valence electrons. The first-order chi connectivity index (χ1) is 11.0. The minimum absolute atomic E-state index is 0.00797. The molecule has 3 rings (SSSR count). The van der Waals surface area contributed by atoms with Crippen LogP contribution in [0.3, 0.4) is 0 Å². The van der Waals surface area contributed by atoms with E-state index in [2.05, 4.69) is 43.7 Å². The van der Waals surface area contributed by atoms with E-state index in [9.17, 15) is 9.59 Å². The first-order valence-corrected chi connectivity index (χ1v) is 7.94. The summed E-state index contributed by atoms with van der Waals surface area (Å²) in [5.74, 6) is -1.38. The van der Waals surface area contributed by atoms with Gasteiger partial charge in [0.2, 0.25) is 5.91 Å². The highest BCUT2D eigenvalue weighted by Gasteiger charge is 2.44. The van der Waals surface area contributed by atoms with E-state index < -0.39 is 5.97 Å². The Kier molecular flexibility index (Phi) is 4.16. The lowest BCUT2D eigenvalue weighted by atomic mass is 9.96. The summed E-state index contributed by atoms with van der Waals surface area (Å²) in [4.78, 5) is 22.7. The molecule has 8 heteroatoms. The van der Waals surface area contributed by atoms with Gasteiger partial charge in [0.1, 0.15) is 6.54 Å². The van der Waals surface area contributed by atoms with Gasteiger partial charge in [-0.3, -0.25) is 4.79 Å². The molecule has 2 aromatic rings. The number of hydrogen-bond acceptors (Lipinski definition) is 4. The summed E-state index contributed by atoms with van der Waals surface area (Å²) in [6, 6.07) is 8.11. The third kappa shape index (κ3) is 3.58. The molecule has 0 aliphatic heterocycles. The van der Waals surface area contributed by atoms with Gasteiger partial charge in [0, 0.05) is 16.4 Å². The Morgan fingerprint density at radius 2 is 2.17 bits per heavy atom. The standard InChI is InChI=1S/C15H15BrN4O3/c16-11-3-1-2-10(6-11)15(4-5-15)9-17-13(21)8-20-7-12(14(22)23)18-19-20/h1-3,6-7H,4-5,8-9H2,(H,17,21)(H,22,23). The zero-order valence-corrected chi connectivity index (χ0v) is 13.8. The van der Waals surface area contributed by atoms with Crippen LogP contribution < -0.4 is 5.32 Å². The number of amides is 1. The Balaban J connectivity index is 1.57. The number of hydrogen-bond donors (Lipinski definition) is 2. The number of aromatic nitrogens is 3. The van der Waals surface area contributed by atoms with Crippen LogP contribution in [0.2, 0.25) is 0 Å². The lowest BCUT2D eigenvalue weighted by Crippen LogP contribution is -2.34. The molecule has 1 amide bonds. The number of aromatic carboxylic acids is 1. The summed E-state index contributed by atoms with van der Waals surface area (Å²) in [5, 5.41) is 18.8. The number of carbonyl (C=O) groups is 2. The molecule has 1 aromatic heterocycles. The first kappa shape index (κ1) is 15.7. The van der Waals surface area contributed by atoms with E-state index in [1.54, 1.807) is 0 Å². The average Bonchev–Trinajstić information content (AvgIpc) is 3.17. The second kappa shape index (κ2) is 6.11. The molecule has 1 aliphatic rings. The van der Waals surface area contributed by atoms with E-state index in [1.807, 2.05) is 12.1 Å². The molecule has 23 heavy (non-hydrogen) atoms. The van der Waals surface area contributed by atoms with Gasteiger partial charge in [-0.15, -0.1) is 5.10 Å². The maximum absolute atomic E-state index is 12.0. The minimum atomic E-state index is -1.16. The van der Waals surface area contributed by atoms with Crippen LogP contribution in [-0.4, -0.2) is 38.5 Å². The molecule has 0 bridgehead atoms. The molecule has 1 heterocycles. The summed E-state index contributed by atoms with van der Waals surface area (Å²) in [6.45, 7) is 0.512. The lowest BCUT2D eigenvalue weighted by Gasteiger charge is -2.17. The van der Waals surface area contributed by atoms with Gasteiger partial charge in [-0.25, -0.2) is 9.48 Å². The van der Waals surface area contributed by atoms with Crippen LogP contribution in [-0.2, 0) is 16.8 Å². The molecule has 0 atom stereocenters. The predicted molar refractivity (Wildman–Crippen MR) is 85.0 cm³/mol. The highest BCUT2D eigenvalue weighted by Crippen LogP contribution is 2.48. The molecule has 0 spiro atoms. The zero-order chi connectivity index (χ0) is 16.4. The van der Waals surface area contributed by atoms with Crippen molar-refractivity contribution in [3.05, 3.63) is 46.2 Å². The first-order valence-electron chi connectivity index (χ1n) is 7.15. The maximum Gasteiger partial charge on any atom is 0.358 e. The largest absolute Gasteiger partial charge is 0.476 e. The average molecular weight is 379 g/mol. The monoisotopic (exact) mass is 378 g/mol. The fourth-order valence-corrected chi connectivity index (χ4v) is 2.88. The van der Waals surface area contributed by atoms with Crippen molar-refractivity contribution < 1.29 is 14.7 Å². The van der Waals surface area contributed by atoms with Crippen molar-refractivity contribution >= 4 is 27.8 Å². The zero-order valence-electron chi connectivity index (χ0n) is 12.2. The van der Waals surface area contributed by atoms with Crippen molar-refractivity contribution in [3.63, 3.8) is 0 Å². The van der Waals surface area contributed by atoms with E-state index in [0.29, 0.717) is 6.54 Å². The van der Waals surface area contributed by atoms with Crippen LogP contribution in [0.1, 0.15) is 28.9 Å². The Hall–Kier alpha value is -2.22. The van der Waals surface area contributed by atoms with Gasteiger partial charge in [-0.05, 0) is 30.5 Å². The summed E-state index contributed by atoms with van der Waals surface area (Å²) < 4.78 is 2.24. The number of carboxylic acids is 1. The van der Waals surface area contributed by atoms with Crippen LogP contribution in [0.15, 0.2) is 34.9 Å². The molecule has 1 aliphatic carbocycles. The molecule has 0 radical (unpaired) electrons. The number of halogens is 1. The molecule has 1 aromatic carbocycles. The van der Waals surface area contributed by atoms with Gasteiger partial charge in [-0.2, -0.15) is 0 Å². The second-order valence-corrected chi connectivity index (χ2v) is 6.59. The van der Waals surface area contributed by atoms with Gasteiger partial charge in [0.05, 0.1) is 6.20 Å². The maximum atomic E-state index is 12.0. The highest BCUT2D eigenvalue weighted by molar-refractivity contribution is 9.10. The Morgan fingerprint density at radius 3 is 2.78 bits per heavy atom. The highest BCUT2D eigenvalue weighted by atomic mass is 79.9. The van der Waals surface area contributed by atoms with Crippen molar-refractivity contribution in [2.45, 2.75) is 24.8 Å². The fraction of sp³-hybridized carbons (Fsp3) is 0.333. The molecule has 1 saturated carbocycles. The molecule has 1 fully saturated rings. The van der Waals surface area contributed by atoms with Crippen molar-refractivity contribution in [1.29, 1.82) is 0 Å². The van der Waals surface area contributed by atoms with Gasteiger partial charge >= 0.3 is 5.97 Å². The Labute approximate surface area is 140 Å². The molecule has 2 N–H and O–H groups in total. The van der Waals surface area contributed by atoms with E-state index >= 15 is 0 Å². The van der Waals surface area contributed by atoms with Gasteiger partial charge in [0.15, 0.2) is 5.69 Å². The third-order valence-electron chi connectivity index (χ3n) is 3.98. The van der Waals surface area contributed by atoms with Crippen LogP contribution >= 0.6 is 15.9 Å². The number of carbonyl (C=O) groups excluding carboxylic acids is 1. The SMILES string of the molecule is O=C(Cn1cc(C(=O)O)nn1)NCC1(c2cccc(Br)c2)CC1. The Bertz CT molecular complexity index is 755. The molecule has 0 unspecified atom stereocenters. The minimum Gasteiger partial charge on any atom is -0.476 e. The fourth-order valence-electron chi connectivity index (χ4n) is 2.48. The van der Waals surface area contributed by atoms with E-state index in [-0.39, 0.29) is 23.6 Å². The van der Waals surface area contributed by atoms with Crippen molar-refractivity contribution in [1.82, 2.24) is 20.3 Å². The topological polar surface area (TPSA) is 97.1 Å². The van der Waals surface area contributed by atoms with Gasteiger partial charge < -0.3 is 10.4 Å². The van der Waals surface area contributed by atoms with E-state index in [1.165, 1.54) is 16.4 Å². The smallest absolute Gasteiger partial charge is 0.358 e. The van der Waals surface area contributed by atoms with E-state index in [0.717, 1.165) is 17.3 Å². The summed E-state index contributed by atoms with van der Waals surface area (Å²) in [7, 11) is 0. The van der Waals surface area contributed by atoms with Gasteiger partial charge in [0.25, 0.3) is 0 Å². The van der Waals surface area contributed by atoms with Crippen LogP contribution in [0.25, 0.3) is 0 Å². The number of rotatable bonds is 6. The van der Waals surface area contributed by atoms with Crippen molar-refractivity contribution in [2.24, 2.45) is 0 Å². The molecular formula is C15H15BrN4O3. The van der Waals surface area contributed by atoms with Crippen LogP contribution in [0.5, 0.6) is 0 Å². The van der Waals surface area contributed by atoms with Crippen molar-refractivity contribution in [2.75, 3.05) is 6.54 Å². The summed E-state index contributed by atoms with van der Waals surface area (Å²) in [5.41, 5.74) is 1.04. The van der Waals surface area contributed by atoms with Crippen molar-refractivity contribution in [3.8, 4) is 0 Å². The summed E-state index contributed by atoms with van der Waals surface area (Å²) >= 11 is 3.47. The van der Waals surface area contributed by atoms with Gasteiger partial charge in [-0.1, -0.05) is 33.3 Å². The number of carboxylic acid groups (broad SMARTS) is 1. The third-order valence-corrected chi connectivity index (χ3v) is 4.47. The predicted octanol–water partition coefficient (Wildman–Crippen LogP) is 1.59. The number of benzene rings is 1. The number of nitrogens with one attached hydrogen (secondary N) is 1.